The Kier molecular flexibility index (Phi) is 10.0. The highest BCUT2D eigenvalue weighted by molar-refractivity contribution is 5.86. The van der Waals surface area contributed by atoms with Gasteiger partial charge in [-0.15, -0.1) is 0 Å². The Balaban J connectivity index is 2.52. The van der Waals surface area contributed by atoms with Crippen LogP contribution in [0.5, 0.6) is 0 Å². The number of ketones is 1. The molecule has 0 radical (unpaired) electrons. The summed E-state index contributed by atoms with van der Waals surface area (Å²) in [5, 5.41) is 28.6. The van der Waals surface area contributed by atoms with E-state index in [1.807, 2.05) is 31.2 Å². The molecule has 5 nitrogen and oxygen atoms in total. The summed E-state index contributed by atoms with van der Waals surface area (Å²) in [5.74, 6) is -1.35. The number of carboxylic acid groups (broad SMARTS) is 1. The Bertz CT molecular complexity index is 506. The van der Waals surface area contributed by atoms with Gasteiger partial charge in [0.15, 0.2) is 0 Å². The van der Waals surface area contributed by atoms with E-state index in [1.54, 1.807) is 12.2 Å². The van der Waals surface area contributed by atoms with Crippen molar-refractivity contribution in [1.29, 1.82) is 0 Å². The molecule has 0 bridgehead atoms. The zero-order chi connectivity index (χ0) is 18.7. The highest BCUT2D eigenvalue weighted by Crippen LogP contribution is 2.33. The van der Waals surface area contributed by atoms with E-state index in [9.17, 15) is 19.8 Å². The molecule has 0 aromatic carbocycles. The summed E-state index contributed by atoms with van der Waals surface area (Å²) in [7, 11) is 0. The fourth-order valence-corrected chi connectivity index (χ4v) is 3.00. The predicted molar refractivity (Wildman–Crippen MR) is 97.0 cm³/mol. The van der Waals surface area contributed by atoms with Gasteiger partial charge in [-0.05, 0) is 32.1 Å². The summed E-state index contributed by atoms with van der Waals surface area (Å²) in [6.45, 7) is 2.02. The number of unbranched alkanes of at least 4 members (excludes halogenated alkanes) is 1. The number of hydrogen-bond acceptors (Lipinski definition) is 4. The Morgan fingerprint density at radius 2 is 2.04 bits per heavy atom. The maximum Gasteiger partial charge on any atom is 0.303 e. The SMILES string of the molecule is CC/C=C/C[C@H](O)/C=C/[C@H]1C(=O)C[C@H](O)[C@@H]1C/C=C/CCCC(=O)O. The third-order valence-corrected chi connectivity index (χ3v) is 4.39. The van der Waals surface area contributed by atoms with Crippen LogP contribution in [0.1, 0.15) is 51.9 Å². The highest BCUT2D eigenvalue weighted by Gasteiger charge is 2.39. The lowest BCUT2D eigenvalue weighted by molar-refractivity contribution is -0.137. The molecular formula is C20H30O5. The molecule has 140 valence electrons. The third-order valence-electron chi connectivity index (χ3n) is 4.39. The number of rotatable bonds is 11. The minimum Gasteiger partial charge on any atom is -0.481 e. The number of carboxylic acids is 1. The van der Waals surface area contributed by atoms with Crippen molar-refractivity contribution in [2.24, 2.45) is 11.8 Å². The summed E-state index contributed by atoms with van der Waals surface area (Å²) in [5.41, 5.74) is 0. The molecule has 5 heteroatoms. The van der Waals surface area contributed by atoms with Crippen molar-refractivity contribution in [3.8, 4) is 0 Å². The molecule has 0 heterocycles. The van der Waals surface area contributed by atoms with Gasteiger partial charge in [0.05, 0.1) is 12.2 Å². The Hall–Kier alpha value is -1.72. The lowest BCUT2D eigenvalue weighted by atomic mass is 9.90. The first-order chi connectivity index (χ1) is 12.0. The van der Waals surface area contributed by atoms with E-state index < -0.39 is 18.2 Å². The quantitative estimate of drug-likeness (QED) is 0.393. The molecule has 0 aromatic rings. The molecule has 1 aliphatic carbocycles. The molecule has 4 atom stereocenters. The normalized spacial score (nSPS) is 25.6. The molecule has 0 aliphatic heterocycles. The first kappa shape index (κ1) is 21.3. The average molecular weight is 350 g/mol. The predicted octanol–water partition coefficient (Wildman–Crippen LogP) is 3.03. The van der Waals surface area contributed by atoms with E-state index in [1.165, 1.54) is 0 Å². The van der Waals surface area contributed by atoms with E-state index in [2.05, 4.69) is 0 Å². The maximum absolute atomic E-state index is 12.1. The Morgan fingerprint density at radius 3 is 2.72 bits per heavy atom. The number of carbonyl (C=O) groups is 2. The lowest BCUT2D eigenvalue weighted by Gasteiger charge is -2.17. The lowest BCUT2D eigenvalue weighted by Crippen LogP contribution is -2.19. The first-order valence-electron chi connectivity index (χ1n) is 9.04. The average Bonchev–Trinajstić information content (AvgIpc) is 2.82. The van der Waals surface area contributed by atoms with Crippen LogP contribution in [0.25, 0.3) is 0 Å². The second-order valence-electron chi connectivity index (χ2n) is 6.49. The standard InChI is InChI=1S/C20H30O5/c1-2-3-6-9-15(21)12-13-17-16(18(22)14-19(17)23)10-7-4-5-8-11-20(24)25/h3-4,6-7,12-13,15-18,21-22H,2,5,8-11,14H2,1H3,(H,24,25)/b6-3+,7-4+,13-12+/t15-,16+,17+,18-/m0/s1. The minimum absolute atomic E-state index is 0.00401. The van der Waals surface area contributed by atoms with Crippen LogP contribution in [-0.2, 0) is 9.59 Å². The zero-order valence-electron chi connectivity index (χ0n) is 14.9. The molecular weight excluding hydrogens is 320 g/mol. The van der Waals surface area contributed by atoms with Crippen LogP contribution in [0, 0.1) is 11.8 Å². The van der Waals surface area contributed by atoms with E-state index in [4.69, 9.17) is 5.11 Å². The topological polar surface area (TPSA) is 94.8 Å². The molecule has 1 aliphatic rings. The van der Waals surface area contributed by atoms with Gasteiger partial charge in [0.25, 0.3) is 0 Å². The molecule has 1 fully saturated rings. The summed E-state index contributed by atoms with van der Waals surface area (Å²) in [6.07, 6.45) is 13.4. The molecule has 25 heavy (non-hydrogen) atoms. The van der Waals surface area contributed by atoms with Crippen molar-refractivity contribution in [1.82, 2.24) is 0 Å². The molecule has 0 saturated heterocycles. The number of allylic oxidation sites excluding steroid dienone is 4. The monoisotopic (exact) mass is 350 g/mol. The fourth-order valence-electron chi connectivity index (χ4n) is 3.00. The van der Waals surface area contributed by atoms with E-state index in [0.717, 1.165) is 6.42 Å². The summed E-state index contributed by atoms with van der Waals surface area (Å²) >= 11 is 0. The second-order valence-corrected chi connectivity index (χ2v) is 6.49. The van der Waals surface area contributed by atoms with Crippen molar-refractivity contribution in [2.75, 3.05) is 0 Å². The Labute approximate surface area is 149 Å². The van der Waals surface area contributed by atoms with Crippen molar-refractivity contribution in [3.05, 3.63) is 36.5 Å². The van der Waals surface area contributed by atoms with Gasteiger partial charge in [0.1, 0.15) is 5.78 Å². The smallest absolute Gasteiger partial charge is 0.303 e. The number of aliphatic hydroxyl groups excluding tert-OH is 2. The van der Waals surface area contributed by atoms with E-state index in [0.29, 0.717) is 25.7 Å². The number of carbonyl (C=O) groups excluding carboxylic acids is 1. The number of Topliss-reactive ketones (excluding diaryl/α,β-unsaturated/α-hetero) is 1. The zero-order valence-corrected chi connectivity index (χ0v) is 14.9. The second kappa shape index (κ2) is 11.8. The van der Waals surface area contributed by atoms with Gasteiger partial charge in [-0.2, -0.15) is 0 Å². The van der Waals surface area contributed by atoms with Crippen LogP contribution in [0.2, 0.25) is 0 Å². The molecule has 0 spiro atoms. The molecule has 0 amide bonds. The number of hydrogen-bond donors (Lipinski definition) is 3. The summed E-state index contributed by atoms with van der Waals surface area (Å²) in [4.78, 5) is 22.5. The van der Waals surface area contributed by atoms with Crippen molar-refractivity contribution < 1.29 is 24.9 Å². The van der Waals surface area contributed by atoms with Crippen molar-refractivity contribution >= 4 is 11.8 Å². The van der Waals surface area contributed by atoms with Gasteiger partial charge in [0.2, 0.25) is 0 Å². The van der Waals surface area contributed by atoms with Crippen LogP contribution in [0.4, 0.5) is 0 Å². The fraction of sp³-hybridized carbons (Fsp3) is 0.600. The molecule has 0 unspecified atom stereocenters. The van der Waals surface area contributed by atoms with Crippen molar-refractivity contribution in [2.45, 2.75) is 64.1 Å². The Morgan fingerprint density at radius 1 is 1.28 bits per heavy atom. The molecule has 1 saturated carbocycles. The van der Waals surface area contributed by atoms with Gasteiger partial charge in [-0.1, -0.05) is 43.4 Å². The number of aliphatic carboxylic acids is 1. The largest absolute Gasteiger partial charge is 0.481 e. The van der Waals surface area contributed by atoms with Crippen LogP contribution in [0.15, 0.2) is 36.5 Å². The molecule has 0 aromatic heterocycles. The maximum atomic E-state index is 12.1. The summed E-state index contributed by atoms with van der Waals surface area (Å²) < 4.78 is 0. The van der Waals surface area contributed by atoms with Crippen LogP contribution >= 0.6 is 0 Å². The third kappa shape index (κ3) is 8.27. The van der Waals surface area contributed by atoms with Gasteiger partial charge in [0, 0.05) is 24.7 Å². The van der Waals surface area contributed by atoms with Crippen molar-refractivity contribution in [3.63, 3.8) is 0 Å². The first-order valence-corrected chi connectivity index (χ1v) is 9.04. The van der Waals surface area contributed by atoms with E-state index >= 15 is 0 Å². The highest BCUT2D eigenvalue weighted by atomic mass is 16.4. The van der Waals surface area contributed by atoms with Crippen LogP contribution in [0.3, 0.4) is 0 Å². The van der Waals surface area contributed by atoms with Crippen LogP contribution in [-0.4, -0.2) is 39.3 Å². The van der Waals surface area contributed by atoms with E-state index in [-0.39, 0.29) is 30.5 Å². The van der Waals surface area contributed by atoms with Crippen LogP contribution < -0.4 is 0 Å². The van der Waals surface area contributed by atoms with Gasteiger partial charge >= 0.3 is 5.97 Å². The van der Waals surface area contributed by atoms with Gasteiger partial charge in [-0.3, -0.25) is 9.59 Å². The number of aliphatic hydroxyl groups is 2. The molecule has 3 N–H and O–H groups in total. The van der Waals surface area contributed by atoms with Gasteiger partial charge in [-0.25, -0.2) is 0 Å². The summed E-state index contributed by atoms with van der Waals surface area (Å²) in [6, 6.07) is 0. The molecule has 1 rings (SSSR count). The minimum atomic E-state index is -0.803. The van der Waals surface area contributed by atoms with Gasteiger partial charge < -0.3 is 15.3 Å².